The van der Waals surface area contributed by atoms with Crippen molar-refractivity contribution in [3.63, 3.8) is 0 Å². The largest absolute Gasteiger partial charge is 0.458 e. The van der Waals surface area contributed by atoms with Crippen LogP contribution in [0.1, 0.15) is 35.5 Å². The maximum absolute atomic E-state index is 14.4. The Balaban J connectivity index is 2.46. The van der Waals surface area contributed by atoms with E-state index in [0.29, 0.717) is 0 Å². The van der Waals surface area contributed by atoms with Crippen molar-refractivity contribution < 1.29 is 27.1 Å². The van der Waals surface area contributed by atoms with E-state index in [1.165, 1.54) is 18.2 Å². The molecule has 0 atom stereocenters. The zero-order valence-electron chi connectivity index (χ0n) is 13.2. The van der Waals surface area contributed by atoms with E-state index in [0.717, 1.165) is 19.1 Å². The van der Waals surface area contributed by atoms with Crippen LogP contribution in [0.15, 0.2) is 30.3 Å². The second kappa shape index (κ2) is 6.59. The van der Waals surface area contributed by atoms with Gasteiger partial charge in [-0.2, -0.15) is 13.2 Å². The first-order valence-electron chi connectivity index (χ1n) is 7.16. The van der Waals surface area contributed by atoms with Crippen LogP contribution in [-0.4, -0.2) is 17.1 Å². The molecule has 0 radical (unpaired) electrons. The molecule has 0 unspecified atom stereocenters. The number of rotatable bonds is 3. The number of ether oxygens (including phenoxy) is 1. The van der Waals surface area contributed by atoms with E-state index in [1.807, 2.05) is 0 Å². The van der Waals surface area contributed by atoms with E-state index >= 15 is 0 Å². The van der Waals surface area contributed by atoms with Crippen molar-refractivity contribution >= 4 is 5.97 Å². The van der Waals surface area contributed by atoms with Gasteiger partial charge in [-0.1, -0.05) is 6.07 Å². The Morgan fingerprint density at radius 2 is 1.83 bits per heavy atom. The number of halogens is 4. The van der Waals surface area contributed by atoms with Crippen LogP contribution < -0.4 is 0 Å². The summed E-state index contributed by atoms with van der Waals surface area (Å²) in [5, 5.41) is 0. The summed E-state index contributed by atoms with van der Waals surface area (Å²) in [6.45, 7) is 4.39. The van der Waals surface area contributed by atoms with Crippen molar-refractivity contribution in [2.75, 3.05) is 0 Å². The highest BCUT2D eigenvalue weighted by atomic mass is 19.4. The molecule has 0 aliphatic rings. The molecule has 0 N–H and O–H groups in total. The molecule has 0 amide bonds. The molecular weight excluding hydrogens is 326 g/mol. The van der Waals surface area contributed by atoms with Crippen molar-refractivity contribution in [2.24, 2.45) is 0 Å². The summed E-state index contributed by atoms with van der Waals surface area (Å²) in [5.41, 5.74) is -1.66. The van der Waals surface area contributed by atoms with Gasteiger partial charge in [-0.25, -0.2) is 14.2 Å². The van der Waals surface area contributed by atoms with E-state index in [-0.39, 0.29) is 23.1 Å². The van der Waals surface area contributed by atoms with Gasteiger partial charge >= 0.3 is 12.1 Å². The predicted octanol–water partition coefficient (Wildman–Crippen LogP) is 4.78. The number of carbonyl (C=O) groups is 1. The molecule has 0 aliphatic carbocycles. The van der Waals surface area contributed by atoms with Gasteiger partial charge < -0.3 is 4.74 Å². The van der Waals surface area contributed by atoms with Gasteiger partial charge in [0, 0.05) is 5.56 Å². The number of benzene rings is 1. The van der Waals surface area contributed by atoms with Crippen molar-refractivity contribution in [1.29, 1.82) is 0 Å². The molecule has 0 bridgehead atoms. The summed E-state index contributed by atoms with van der Waals surface area (Å²) < 4.78 is 57.8. The molecule has 2 aromatic rings. The van der Waals surface area contributed by atoms with Crippen LogP contribution in [0.25, 0.3) is 11.3 Å². The van der Waals surface area contributed by atoms with E-state index in [2.05, 4.69) is 4.98 Å². The summed E-state index contributed by atoms with van der Waals surface area (Å²) in [7, 11) is 0. The third-order valence-corrected chi connectivity index (χ3v) is 3.27. The fourth-order valence-electron chi connectivity index (χ4n) is 2.16. The zero-order chi connectivity index (χ0) is 18.1. The van der Waals surface area contributed by atoms with Crippen LogP contribution in [0.4, 0.5) is 17.6 Å². The fraction of sp³-hybridized carbons (Fsp3) is 0.294. The molecule has 7 heteroatoms. The minimum atomic E-state index is -4.64. The number of hydrogen-bond donors (Lipinski definition) is 0. The summed E-state index contributed by atoms with van der Waals surface area (Å²) in [5.74, 6) is -1.71. The third kappa shape index (κ3) is 3.72. The van der Waals surface area contributed by atoms with Crippen LogP contribution in [0.5, 0.6) is 0 Å². The van der Waals surface area contributed by atoms with Crippen LogP contribution in [0, 0.1) is 12.7 Å². The normalized spacial score (nSPS) is 11.7. The minimum absolute atomic E-state index is 0.0434. The quantitative estimate of drug-likeness (QED) is 0.596. The highest BCUT2D eigenvalue weighted by Crippen LogP contribution is 2.35. The maximum Gasteiger partial charge on any atom is 0.416 e. The molecular formula is C17H15F4NO2. The summed E-state index contributed by atoms with van der Waals surface area (Å²) in [6.07, 6.45) is -4.99. The van der Waals surface area contributed by atoms with Crippen molar-refractivity contribution in [1.82, 2.24) is 4.98 Å². The number of alkyl halides is 3. The Bertz CT molecular complexity index is 770. The van der Waals surface area contributed by atoms with Gasteiger partial charge in [0.1, 0.15) is 11.5 Å². The minimum Gasteiger partial charge on any atom is -0.458 e. The lowest BCUT2D eigenvalue weighted by Gasteiger charge is -2.13. The Morgan fingerprint density at radius 1 is 1.17 bits per heavy atom. The predicted molar refractivity (Wildman–Crippen MR) is 79.9 cm³/mol. The Labute approximate surface area is 136 Å². The first kappa shape index (κ1) is 17.9. The number of esters is 1. The Hall–Kier alpha value is -2.44. The molecule has 0 saturated heterocycles. The van der Waals surface area contributed by atoms with Crippen molar-refractivity contribution in [2.45, 2.75) is 33.1 Å². The Morgan fingerprint density at radius 3 is 2.42 bits per heavy atom. The van der Waals surface area contributed by atoms with Gasteiger partial charge in [0.2, 0.25) is 0 Å². The molecule has 0 saturated carbocycles. The topological polar surface area (TPSA) is 39.2 Å². The molecule has 2 rings (SSSR count). The van der Waals surface area contributed by atoms with Crippen molar-refractivity contribution in [3.8, 4) is 11.3 Å². The highest BCUT2D eigenvalue weighted by Gasteiger charge is 2.34. The molecule has 128 valence electrons. The van der Waals surface area contributed by atoms with Gasteiger partial charge in [0.15, 0.2) is 0 Å². The van der Waals surface area contributed by atoms with Crippen LogP contribution >= 0.6 is 0 Å². The van der Waals surface area contributed by atoms with Crippen LogP contribution in [-0.2, 0) is 10.9 Å². The summed E-state index contributed by atoms with van der Waals surface area (Å²) in [4.78, 5) is 15.8. The number of carbonyl (C=O) groups excluding carboxylic acids is 1. The van der Waals surface area contributed by atoms with Gasteiger partial charge in [-0.05, 0) is 50.6 Å². The second-order valence-electron chi connectivity index (χ2n) is 5.46. The zero-order valence-corrected chi connectivity index (χ0v) is 13.2. The summed E-state index contributed by atoms with van der Waals surface area (Å²) in [6, 6.07) is 6.08. The number of hydrogen-bond acceptors (Lipinski definition) is 3. The van der Waals surface area contributed by atoms with Crippen LogP contribution in [0.2, 0.25) is 0 Å². The molecule has 3 nitrogen and oxygen atoms in total. The van der Waals surface area contributed by atoms with Gasteiger partial charge in [-0.15, -0.1) is 0 Å². The van der Waals surface area contributed by atoms with E-state index in [9.17, 15) is 22.4 Å². The van der Waals surface area contributed by atoms with Gasteiger partial charge in [0.05, 0.1) is 17.4 Å². The van der Waals surface area contributed by atoms with E-state index in [4.69, 9.17) is 4.74 Å². The molecule has 0 aliphatic heterocycles. The van der Waals surface area contributed by atoms with Gasteiger partial charge in [-0.3, -0.25) is 0 Å². The first-order chi connectivity index (χ1) is 11.1. The molecule has 1 aromatic heterocycles. The molecule has 0 spiro atoms. The number of aromatic nitrogens is 1. The highest BCUT2D eigenvalue weighted by molar-refractivity contribution is 5.88. The lowest BCUT2D eigenvalue weighted by Crippen LogP contribution is -2.13. The second-order valence-corrected chi connectivity index (χ2v) is 5.46. The number of pyridine rings is 1. The van der Waals surface area contributed by atoms with Crippen LogP contribution in [0.3, 0.4) is 0 Å². The first-order valence-corrected chi connectivity index (χ1v) is 7.16. The lowest BCUT2D eigenvalue weighted by atomic mass is 10.0. The average molecular weight is 341 g/mol. The molecule has 24 heavy (non-hydrogen) atoms. The van der Waals surface area contributed by atoms with Gasteiger partial charge in [0.25, 0.3) is 0 Å². The van der Waals surface area contributed by atoms with Crippen molar-refractivity contribution in [3.05, 3.63) is 53.0 Å². The average Bonchev–Trinajstić information content (AvgIpc) is 2.48. The lowest BCUT2D eigenvalue weighted by molar-refractivity contribution is -0.138. The fourth-order valence-corrected chi connectivity index (χ4v) is 2.16. The Kier molecular flexibility index (Phi) is 4.91. The smallest absolute Gasteiger partial charge is 0.416 e. The van der Waals surface area contributed by atoms with E-state index < -0.39 is 29.1 Å². The molecule has 1 aromatic carbocycles. The SMILES string of the molecule is Cc1c(C(F)(F)F)ccc(-c2cccc(C(=O)OC(C)C)n2)c1F. The van der Waals surface area contributed by atoms with E-state index in [1.54, 1.807) is 13.8 Å². The monoisotopic (exact) mass is 341 g/mol. The number of nitrogens with zero attached hydrogens (tertiary/aromatic N) is 1. The third-order valence-electron chi connectivity index (χ3n) is 3.27. The summed E-state index contributed by atoms with van der Waals surface area (Å²) >= 11 is 0. The molecule has 1 heterocycles. The molecule has 0 fully saturated rings. The maximum atomic E-state index is 14.4. The standard InChI is InChI=1S/C17H15F4NO2/c1-9(2)24-16(23)14-6-4-5-13(22-14)11-7-8-12(17(19,20)21)10(3)15(11)18/h4-9H,1-3H3.